The Morgan fingerprint density at radius 1 is 1.35 bits per heavy atom. The van der Waals surface area contributed by atoms with Crippen LogP contribution in [0.15, 0.2) is 42.5 Å². The fourth-order valence-corrected chi connectivity index (χ4v) is 3.68. The highest BCUT2D eigenvalue weighted by Crippen LogP contribution is 2.34. The number of halogens is 2. The summed E-state index contributed by atoms with van der Waals surface area (Å²) in [4.78, 5) is 15.7. The molecule has 138 valence electrons. The Hall–Kier alpha value is -2.11. The summed E-state index contributed by atoms with van der Waals surface area (Å²) in [6.45, 7) is 5.45. The summed E-state index contributed by atoms with van der Waals surface area (Å²) in [6, 6.07) is 11.7. The zero-order valence-electron chi connectivity index (χ0n) is 14.7. The number of anilines is 1. The smallest absolute Gasteiger partial charge is 0.411 e. The molecular weight excluding hydrogens is 355 g/mol. The summed E-state index contributed by atoms with van der Waals surface area (Å²) in [7, 11) is 0. The Labute approximate surface area is 157 Å². The normalized spacial score (nSPS) is 17.4. The van der Waals surface area contributed by atoms with Crippen LogP contribution < -0.4 is 4.90 Å². The number of carboxylic acid groups (broad SMARTS) is 1. The molecule has 0 unspecified atom stereocenters. The molecule has 1 N–H and O–H groups in total. The molecule has 1 aliphatic heterocycles. The molecule has 0 bridgehead atoms. The summed E-state index contributed by atoms with van der Waals surface area (Å²) >= 11 is 5.92. The molecule has 1 heterocycles. The summed E-state index contributed by atoms with van der Waals surface area (Å²) in [5.41, 5.74) is 2.01. The lowest BCUT2D eigenvalue weighted by molar-refractivity contribution is 0.200. The van der Waals surface area contributed by atoms with Crippen LogP contribution >= 0.6 is 11.6 Å². The fourth-order valence-electron chi connectivity index (χ4n) is 3.50. The van der Waals surface area contributed by atoms with Crippen LogP contribution in [-0.4, -0.2) is 42.3 Å². The molecule has 0 spiro atoms. The van der Waals surface area contributed by atoms with Crippen molar-refractivity contribution in [3.05, 3.63) is 53.3 Å². The first-order chi connectivity index (χ1) is 12.5. The van der Waals surface area contributed by atoms with Crippen LogP contribution in [0.3, 0.4) is 0 Å². The molecule has 6 heteroatoms. The van der Waals surface area contributed by atoms with Crippen molar-refractivity contribution in [3.8, 4) is 11.1 Å². The Morgan fingerprint density at radius 2 is 2.12 bits per heavy atom. The molecule has 0 aromatic heterocycles. The largest absolute Gasteiger partial charge is 0.465 e. The van der Waals surface area contributed by atoms with Crippen molar-refractivity contribution < 1.29 is 14.3 Å². The monoisotopic (exact) mass is 376 g/mol. The van der Waals surface area contributed by atoms with Gasteiger partial charge < -0.3 is 10.0 Å². The van der Waals surface area contributed by atoms with Crippen LogP contribution in [0.1, 0.15) is 13.3 Å². The van der Waals surface area contributed by atoms with Gasteiger partial charge in [-0.05, 0) is 49.2 Å². The minimum Gasteiger partial charge on any atom is -0.465 e. The lowest BCUT2D eigenvalue weighted by atomic mass is 10.0. The van der Waals surface area contributed by atoms with E-state index in [1.54, 1.807) is 12.1 Å². The highest BCUT2D eigenvalue weighted by atomic mass is 35.5. The van der Waals surface area contributed by atoms with Gasteiger partial charge in [-0.2, -0.15) is 0 Å². The molecule has 0 radical (unpaired) electrons. The van der Waals surface area contributed by atoms with Crippen LogP contribution in [-0.2, 0) is 0 Å². The van der Waals surface area contributed by atoms with Gasteiger partial charge in [0, 0.05) is 18.7 Å². The quantitative estimate of drug-likeness (QED) is 0.801. The van der Waals surface area contributed by atoms with Gasteiger partial charge in [0.1, 0.15) is 5.82 Å². The van der Waals surface area contributed by atoms with E-state index in [9.17, 15) is 14.3 Å². The van der Waals surface area contributed by atoms with Crippen molar-refractivity contribution in [2.75, 3.05) is 31.1 Å². The highest BCUT2D eigenvalue weighted by Gasteiger charge is 2.27. The Morgan fingerprint density at radius 3 is 2.77 bits per heavy atom. The number of para-hydroxylation sites is 1. The number of rotatable bonds is 5. The third-order valence-corrected chi connectivity index (χ3v) is 5.20. The third-order valence-electron chi connectivity index (χ3n) is 4.91. The van der Waals surface area contributed by atoms with Gasteiger partial charge in [-0.3, -0.25) is 4.90 Å². The van der Waals surface area contributed by atoms with Gasteiger partial charge in [-0.15, -0.1) is 0 Å². The lowest BCUT2D eigenvalue weighted by Gasteiger charge is -2.25. The maximum absolute atomic E-state index is 13.5. The van der Waals surface area contributed by atoms with E-state index in [1.165, 1.54) is 17.0 Å². The van der Waals surface area contributed by atoms with Crippen molar-refractivity contribution in [1.82, 2.24) is 4.90 Å². The molecule has 3 rings (SSSR count). The van der Waals surface area contributed by atoms with Crippen molar-refractivity contribution in [3.63, 3.8) is 0 Å². The molecular formula is C20H22ClFN2O2. The molecule has 1 aliphatic rings. The van der Waals surface area contributed by atoms with Gasteiger partial charge in [0.05, 0.1) is 10.7 Å². The van der Waals surface area contributed by atoms with E-state index in [2.05, 4.69) is 11.8 Å². The molecule has 1 amide bonds. The van der Waals surface area contributed by atoms with Crippen molar-refractivity contribution in [2.45, 2.75) is 13.3 Å². The van der Waals surface area contributed by atoms with Gasteiger partial charge in [0.2, 0.25) is 0 Å². The lowest BCUT2D eigenvalue weighted by Crippen LogP contribution is -2.35. The van der Waals surface area contributed by atoms with Gasteiger partial charge in [0.25, 0.3) is 0 Å². The zero-order chi connectivity index (χ0) is 18.7. The van der Waals surface area contributed by atoms with E-state index in [0.717, 1.165) is 31.6 Å². The predicted molar refractivity (Wildman–Crippen MR) is 102 cm³/mol. The van der Waals surface area contributed by atoms with Crippen molar-refractivity contribution in [1.29, 1.82) is 0 Å². The minimum atomic E-state index is -0.986. The Balaban J connectivity index is 1.93. The second kappa shape index (κ2) is 8.06. The van der Waals surface area contributed by atoms with Gasteiger partial charge >= 0.3 is 6.09 Å². The van der Waals surface area contributed by atoms with E-state index < -0.39 is 11.9 Å². The fraction of sp³-hybridized carbons (Fsp3) is 0.350. The second-order valence-electron chi connectivity index (χ2n) is 6.59. The Bertz CT molecular complexity index is 799. The second-order valence-corrected chi connectivity index (χ2v) is 6.99. The predicted octanol–water partition coefficient (Wildman–Crippen LogP) is 4.97. The average molecular weight is 377 g/mol. The van der Waals surface area contributed by atoms with Crippen LogP contribution in [0.2, 0.25) is 5.02 Å². The molecule has 4 nitrogen and oxygen atoms in total. The van der Waals surface area contributed by atoms with Crippen molar-refractivity contribution in [2.24, 2.45) is 5.92 Å². The average Bonchev–Trinajstić information content (AvgIpc) is 3.10. The molecule has 2 aromatic carbocycles. The third kappa shape index (κ3) is 4.00. The highest BCUT2D eigenvalue weighted by molar-refractivity contribution is 6.31. The maximum atomic E-state index is 13.5. The first kappa shape index (κ1) is 18.7. The number of benzene rings is 2. The molecule has 1 atom stereocenters. The topological polar surface area (TPSA) is 43.8 Å². The van der Waals surface area contributed by atoms with E-state index in [1.807, 2.05) is 18.2 Å². The minimum absolute atomic E-state index is 0.0218. The zero-order valence-corrected chi connectivity index (χ0v) is 15.4. The summed E-state index contributed by atoms with van der Waals surface area (Å²) in [5.74, 6) is -0.190. The summed E-state index contributed by atoms with van der Waals surface area (Å²) in [6.07, 6.45) is 0.00271. The standard InChI is InChI=1S/C20H22ClFN2O2/c1-2-23-10-9-14(12-23)13-24(20(25)26)19-6-4-3-5-16(19)15-7-8-18(22)17(21)11-15/h3-8,11,14H,2,9-10,12-13H2,1H3,(H,25,26)/t14-/m1/s1. The molecule has 2 aromatic rings. The maximum Gasteiger partial charge on any atom is 0.411 e. The van der Waals surface area contributed by atoms with Crippen LogP contribution in [0.25, 0.3) is 11.1 Å². The SMILES string of the molecule is CCN1CC[C@@H](CN(C(=O)O)c2ccccc2-c2ccc(F)c(Cl)c2)C1. The first-order valence-corrected chi connectivity index (χ1v) is 9.14. The molecule has 0 saturated carbocycles. The van der Waals surface area contributed by atoms with Crippen LogP contribution in [0, 0.1) is 11.7 Å². The van der Waals surface area contributed by atoms with E-state index in [-0.39, 0.29) is 5.02 Å². The van der Waals surface area contributed by atoms with E-state index in [4.69, 9.17) is 11.6 Å². The first-order valence-electron chi connectivity index (χ1n) is 8.77. The summed E-state index contributed by atoms with van der Waals surface area (Å²) < 4.78 is 13.5. The van der Waals surface area contributed by atoms with Crippen molar-refractivity contribution >= 4 is 23.4 Å². The molecule has 0 aliphatic carbocycles. The molecule has 1 fully saturated rings. The molecule has 26 heavy (non-hydrogen) atoms. The van der Waals surface area contributed by atoms with E-state index >= 15 is 0 Å². The Kier molecular flexibility index (Phi) is 5.79. The molecule has 1 saturated heterocycles. The van der Waals surface area contributed by atoms with Gasteiger partial charge in [0.15, 0.2) is 0 Å². The van der Waals surface area contributed by atoms with Gasteiger partial charge in [-0.1, -0.05) is 42.8 Å². The van der Waals surface area contributed by atoms with E-state index in [0.29, 0.717) is 23.7 Å². The number of hydrogen-bond acceptors (Lipinski definition) is 2. The number of hydrogen-bond donors (Lipinski definition) is 1. The van der Waals surface area contributed by atoms with Gasteiger partial charge in [-0.25, -0.2) is 9.18 Å². The van der Waals surface area contributed by atoms with Crippen LogP contribution in [0.4, 0.5) is 14.9 Å². The van der Waals surface area contributed by atoms with Crippen LogP contribution in [0.5, 0.6) is 0 Å². The number of likely N-dealkylation sites (tertiary alicyclic amines) is 1. The number of amides is 1. The number of carbonyl (C=O) groups is 1. The summed E-state index contributed by atoms with van der Waals surface area (Å²) in [5, 5.41) is 9.83. The number of nitrogens with zero attached hydrogens (tertiary/aromatic N) is 2.